The van der Waals surface area contributed by atoms with Gasteiger partial charge in [0.15, 0.2) is 0 Å². The quantitative estimate of drug-likeness (QED) is 0.828. The molecule has 0 saturated carbocycles. The average Bonchev–Trinajstić information content (AvgIpc) is 2.87. The monoisotopic (exact) mass is 251 g/mol. The van der Waals surface area contributed by atoms with Crippen molar-refractivity contribution in [2.75, 3.05) is 24.6 Å². The Kier molecular flexibility index (Phi) is 4.23. The maximum Gasteiger partial charge on any atom is 0.310 e. The molecule has 1 atom stereocenters. The predicted octanol–water partition coefficient (Wildman–Crippen LogP) is 1.75. The summed E-state index contributed by atoms with van der Waals surface area (Å²) in [6.07, 6.45) is 4.73. The van der Waals surface area contributed by atoms with Gasteiger partial charge in [-0.25, -0.2) is 0 Å². The van der Waals surface area contributed by atoms with Crippen LogP contribution in [0.2, 0.25) is 0 Å². The van der Waals surface area contributed by atoms with E-state index in [1.54, 1.807) is 0 Å². The summed E-state index contributed by atoms with van der Waals surface area (Å²) in [5.74, 6) is -0.0675. The van der Waals surface area contributed by atoms with E-state index in [9.17, 15) is 4.79 Å². The van der Waals surface area contributed by atoms with Crippen molar-refractivity contribution < 1.29 is 9.53 Å². The fraction of sp³-hybridized carbons (Fsp3) is 0.692. The van der Waals surface area contributed by atoms with Crippen LogP contribution >= 0.6 is 0 Å². The van der Waals surface area contributed by atoms with E-state index >= 15 is 0 Å². The number of aromatic amines is 1. The summed E-state index contributed by atoms with van der Waals surface area (Å²) >= 11 is 0. The van der Waals surface area contributed by atoms with Crippen LogP contribution in [0.4, 0.5) is 5.69 Å². The normalized spacial score (nSPS) is 19.9. The van der Waals surface area contributed by atoms with Gasteiger partial charge in [-0.3, -0.25) is 9.89 Å². The zero-order valence-corrected chi connectivity index (χ0v) is 11.1. The van der Waals surface area contributed by atoms with Crippen LogP contribution in [0.5, 0.6) is 0 Å². The second-order valence-electron chi connectivity index (χ2n) is 4.62. The van der Waals surface area contributed by atoms with E-state index in [0.717, 1.165) is 43.7 Å². The topological polar surface area (TPSA) is 58.2 Å². The Hall–Kier alpha value is -1.52. The van der Waals surface area contributed by atoms with Crippen LogP contribution in [0.25, 0.3) is 0 Å². The zero-order chi connectivity index (χ0) is 13.0. The first-order chi connectivity index (χ1) is 8.76. The lowest BCUT2D eigenvalue weighted by molar-refractivity contribution is -0.148. The Morgan fingerprint density at radius 1 is 1.61 bits per heavy atom. The molecule has 18 heavy (non-hydrogen) atoms. The Bertz CT molecular complexity index is 403. The highest BCUT2D eigenvalue weighted by molar-refractivity contribution is 5.73. The van der Waals surface area contributed by atoms with Crippen molar-refractivity contribution >= 4 is 11.7 Å². The maximum atomic E-state index is 11.8. The van der Waals surface area contributed by atoms with Crippen LogP contribution in [0.3, 0.4) is 0 Å². The Morgan fingerprint density at radius 3 is 3.17 bits per heavy atom. The van der Waals surface area contributed by atoms with E-state index in [2.05, 4.69) is 22.0 Å². The van der Waals surface area contributed by atoms with Crippen molar-refractivity contribution in [1.82, 2.24) is 10.2 Å². The number of hydrogen-bond donors (Lipinski definition) is 1. The third-order valence-corrected chi connectivity index (χ3v) is 3.43. The van der Waals surface area contributed by atoms with Crippen molar-refractivity contribution in [2.24, 2.45) is 5.92 Å². The Balaban J connectivity index is 2.04. The number of carbonyl (C=O) groups excluding carboxylic acids is 1. The minimum atomic E-state index is -0.0660. The lowest BCUT2D eigenvalue weighted by Gasteiger charge is -2.32. The third kappa shape index (κ3) is 2.66. The number of aryl methyl sites for hydroxylation is 1. The van der Waals surface area contributed by atoms with E-state index < -0.39 is 0 Å². The number of ether oxygens (including phenoxy) is 1. The molecule has 1 aliphatic heterocycles. The van der Waals surface area contributed by atoms with Gasteiger partial charge in [0.05, 0.1) is 30.1 Å². The first kappa shape index (κ1) is 12.9. The Morgan fingerprint density at radius 2 is 2.44 bits per heavy atom. The van der Waals surface area contributed by atoms with E-state index in [4.69, 9.17) is 4.74 Å². The molecule has 1 N–H and O–H groups in total. The predicted molar refractivity (Wildman–Crippen MR) is 69.5 cm³/mol. The molecule has 0 spiro atoms. The van der Waals surface area contributed by atoms with Gasteiger partial charge in [0.1, 0.15) is 0 Å². The summed E-state index contributed by atoms with van der Waals surface area (Å²) in [4.78, 5) is 14.0. The molecule has 0 bridgehead atoms. The number of piperidine rings is 1. The minimum absolute atomic E-state index is 0.00157. The number of esters is 1. The molecule has 5 nitrogen and oxygen atoms in total. The highest BCUT2D eigenvalue weighted by atomic mass is 16.5. The van der Waals surface area contributed by atoms with Crippen LogP contribution in [-0.2, 0) is 16.0 Å². The second kappa shape index (κ2) is 5.89. The molecule has 2 heterocycles. The number of carbonyl (C=O) groups is 1. The van der Waals surface area contributed by atoms with Gasteiger partial charge in [0.25, 0.3) is 0 Å². The van der Waals surface area contributed by atoms with Crippen LogP contribution in [-0.4, -0.2) is 35.9 Å². The molecule has 1 unspecified atom stereocenters. The van der Waals surface area contributed by atoms with Gasteiger partial charge in [-0.2, -0.15) is 5.10 Å². The summed E-state index contributed by atoms with van der Waals surface area (Å²) < 4.78 is 5.11. The molecule has 1 aromatic rings. The zero-order valence-electron chi connectivity index (χ0n) is 11.1. The van der Waals surface area contributed by atoms with Gasteiger partial charge in [0.2, 0.25) is 0 Å². The van der Waals surface area contributed by atoms with Crippen molar-refractivity contribution in [3.8, 4) is 0 Å². The molecule has 0 amide bonds. The van der Waals surface area contributed by atoms with Crippen molar-refractivity contribution in [2.45, 2.75) is 33.1 Å². The van der Waals surface area contributed by atoms with E-state index in [0.29, 0.717) is 6.61 Å². The smallest absolute Gasteiger partial charge is 0.310 e. The Labute approximate surface area is 108 Å². The van der Waals surface area contributed by atoms with Gasteiger partial charge in [-0.15, -0.1) is 0 Å². The number of hydrogen-bond acceptors (Lipinski definition) is 4. The molecule has 1 aromatic heterocycles. The standard InChI is InChI=1S/C13H21N3O2/c1-3-11-12(8-14-15-11)16-7-5-6-10(9-16)13(17)18-4-2/h8,10H,3-7,9H2,1-2H3,(H,14,15). The largest absolute Gasteiger partial charge is 0.466 e. The van der Waals surface area contributed by atoms with Gasteiger partial charge in [-0.05, 0) is 26.2 Å². The number of anilines is 1. The lowest BCUT2D eigenvalue weighted by Crippen LogP contribution is -2.39. The fourth-order valence-corrected chi connectivity index (χ4v) is 2.49. The van der Waals surface area contributed by atoms with Gasteiger partial charge in [0, 0.05) is 13.1 Å². The highest BCUT2D eigenvalue weighted by Crippen LogP contribution is 2.26. The lowest BCUT2D eigenvalue weighted by atomic mass is 9.97. The maximum absolute atomic E-state index is 11.8. The summed E-state index contributed by atoms with van der Waals surface area (Å²) in [7, 11) is 0. The molecule has 0 radical (unpaired) electrons. The number of H-pyrrole nitrogens is 1. The summed E-state index contributed by atoms with van der Waals surface area (Å²) in [6, 6.07) is 0. The molecule has 1 saturated heterocycles. The van der Waals surface area contributed by atoms with E-state index in [-0.39, 0.29) is 11.9 Å². The van der Waals surface area contributed by atoms with Crippen LogP contribution in [0.15, 0.2) is 6.20 Å². The minimum Gasteiger partial charge on any atom is -0.466 e. The van der Waals surface area contributed by atoms with Crippen molar-refractivity contribution in [3.63, 3.8) is 0 Å². The van der Waals surface area contributed by atoms with Crippen molar-refractivity contribution in [1.29, 1.82) is 0 Å². The SMILES string of the molecule is CCOC(=O)C1CCCN(c2cn[nH]c2CC)C1. The van der Waals surface area contributed by atoms with Crippen LogP contribution in [0.1, 0.15) is 32.4 Å². The molecule has 1 fully saturated rings. The van der Waals surface area contributed by atoms with E-state index in [1.165, 1.54) is 0 Å². The molecule has 2 rings (SSSR count). The summed E-state index contributed by atoms with van der Waals surface area (Å²) in [5, 5.41) is 7.11. The number of nitrogens with one attached hydrogen (secondary N) is 1. The van der Waals surface area contributed by atoms with Crippen LogP contribution in [0, 0.1) is 5.92 Å². The molecule has 0 aliphatic carbocycles. The van der Waals surface area contributed by atoms with Gasteiger partial charge < -0.3 is 9.64 Å². The fourth-order valence-electron chi connectivity index (χ4n) is 2.49. The van der Waals surface area contributed by atoms with E-state index in [1.807, 2.05) is 13.1 Å². The summed E-state index contributed by atoms with van der Waals surface area (Å²) in [5.41, 5.74) is 2.27. The average molecular weight is 251 g/mol. The molecule has 5 heteroatoms. The molecular formula is C13H21N3O2. The second-order valence-corrected chi connectivity index (χ2v) is 4.62. The third-order valence-electron chi connectivity index (χ3n) is 3.43. The number of rotatable bonds is 4. The highest BCUT2D eigenvalue weighted by Gasteiger charge is 2.28. The first-order valence-corrected chi connectivity index (χ1v) is 6.70. The van der Waals surface area contributed by atoms with Crippen LogP contribution < -0.4 is 4.90 Å². The van der Waals surface area contributed by atoms with Gasteiger partial charge in [-0.1, -0.05) is 6.92 Å². The number of nitrogens with zero attached hydrogens (tertiary/aromatic N) is 2. The molecule has 100 valence electrons. The molecule has 1 aliphatic rings. The molecular weight excluding hydrogens is 230 g/mol. The molecule has 0 aromatic carbocycles. The van der Waals surface area contributed by atoms with Crippen molar-refractivity contribution in [3.05, 3.63) is 11.9 Å². The summed E-state index contributed by atoms with van der Waals surface area (Å²) in [6.45, 7) is 6.14. The van der Waals surface area contributed by atoms with Gasteiger partial charge >= 0.3 is 5.97 Å². The number of aromatic nitrogens is 2. The first-order valence-electron chi connectivity index (χ1n) is 6.70.